The van der Waals surface area contributed by atoms with Crippen molar-refractivity contribution in [1.82, 2.24) is 15.1 Å². The summed E-state index contributed by atoms with van der Waals surface area (Å²) in [6, 6.07) is 17.4. The smallest absolute Gasteiger partial charge is 0.241 e. The molecule has 1 aromatic heterocycles. The summed E-state index contributed by atoms with van der Waals surface area (Å²) < 4.78 is 1.56. The molecular formula is C19H19N3O2S. The van der Waals surface area contributed by atoms with Gasteiger partial charge in [-0.3, -0.25) is 14.3 Å². The molecule has 128 valence electrons. The van der Waals surface area contributed by atoms with Gasteiger partial charge in [0.1, 0.15) is 6.54 Å². The van der Waals surface area contributed by atoms with Gasteiger partial charge in [0.05, 0.1) is 11.7 Å². The van der Waals surface area contributed by atoms with E-state index < -0.39 is 0 Å². The molecule has 1 amide bonds. The zero-order chi connectivity index (χ0) is 17.5. The Labute approximate surface area is 150 Å². The zero-order valence-electron chi connectivity index (χ0n) is 13.7. The number of nitrogens with one attached hydrogen (secondary N) is 1. The number of benzene rings is 2. The molecule has 25 heavy (non-hydrogen) atoms. The number of fused-ring (bicyclic) bond motifs is 1. The molecule has 0 saturated heterocycles. The molecule has 1 heterocycles. The molecule has 0 atom stereocenters. The Morgan fingerprint density at radius 3 is 2.68 bits per heavy atom. The molecule has 0 unspecified atom stereocenters. The lowest BCUT2D eigenvalue weighted by molar-refractivity contribution is -0.121. The van der Waals surface area contributed by atoms with Crippen molar-refractivity contribution < 1.29 is 4.79 Å². The van der Waals surface area contributed by atoms with Gasteiger partial charge in [-0.1, -0.05) is 30.3 Å². The van der Waals surface area contributed by atoms with E-state index >= 15 is 0 Å². The second-order valence-electron chi connectivity index (χ2n) is 5.55. The summed E-state index contributed by atoms with van der Waals surface area (Å²) in [5.74, 6) is 0.842. The number of thioether (sulfide) groups is 1. The van der Waals surface area contributed by atoms with Crippen LogP contribution in [0.15, 0.2) is 70.5 Å². The van der Waals surface area contributed by atoms with Crippen LogP contribution in [-0.4, -0.2) is 28.0 Å². The summed E-state index contributed by atoms with van der Waals surface area (Å²) in [4.78, 5) is 25.2. The van der Waals surface area contributed by atoms with Crippen LogP contribution in [-0.2, 0) is 11.3 Å². The van der Waals surface area contributed by atoms with E-state index in [4.69, 9.17) is 0 Å². The molecule has 0 bridgehead atoms. The summed E-state index contributed by atoms with van der Waals surface area (Å²) in [6.45, 7) is 0.726. The Morgan fingerprint density at radius 2 is 1.84 bits per heavy atom. The van der Waals surface area contributed by atoms with E-state index in [1.807, 2.05) is 24.3 Å². The SMILES string of the molecule is O=C(Cn1ncc(=O)c2ccccc21)NCCCSc1ccccc1. The lowest BCUT2D eigenvalue weighted by Crippen LogP contribution is -2.30. The topological polar surface area (TPSA) is 64.0 Å². The van der Waals surface area contributed by atoms with E-state index in [2.05, 4.69) is 22.5 Å². The van der Waals surface area contributed by atoms with Gasteiger partial charge in [0, 0.05) is 16.8 Å². The highest BCUT2D eigenvalue weighted by molar-refractivity contribution is 7.99. The third kappa shape index (κ3) is 4.70. The van der Waals surface area contributed by atoms with Gasteiger partial charge < -0.3 is 5.32 Å². The first-order chi connectivity index (χ1) is 12.2. The summed E-state index contributed by atoms with van der Waals surface area (Å²) in [7, 11) is 0. The van der Waals surface area contributed by atoms with Gasteiger partial charge in [0.2, 0.25) is 11.3 Å². The molecule has 1 N–H and O–H groups in total. The van der Waals surface area contributed by atoms with Crippen LogP contribution in [0, 0.1) is 0 Å². The molecule has 0 aliphatic heterocycles. The van der Waals surface area contributed by atoms with E-state index in [1.165, 1.54) is 11.1 Å². The summed E-state index contributed by atoms with van der Waals surface area (Å²) >= 11 is 1.78. The molecule has 0 aliphatic rings. The van der Waals surface area contributed by atoms with Crippen LogP contribution in [0.3, 0.4) is 0 Å². The lowest BCUT2D eigenvalue weighted by atomic mass is 10.2. The van der Waals surface area contributed by atoms with Gasteiger partial charge in [-0.25, -0.2) is 0 Å². The number of hydrogen-bond acceptors (Lipinski definition) is 4. The number of carbonyl (C=O) groups excluding carboxylic acids is 1. The number of rotatable bonds is 7. The van der Waals surface area contributed by atoms with Crippen molar-refractivity contribution in [2.24, 2.45) is 0 Å². The second-order valence-corrected chi connectivity index (χ2v) is 6.72. The first-order valence-electron chi connectivity index (χ1n) is 8.13. The summed E-state index contributed by atoms with van der Waals surface area (Å²) in [5, 5.41) is 7.55. The van der Waals surface area contributed by atoms with Crippen LogP contribution >= 0.6 is 11.8 Å². The van der Waals surface area contributed by atoms with Crippen molar-refractivity contribution in [2.45, 2.75) is 17.9 Å². The Hall–Kier alpha value is -2.60. The molecular weight excluding hydrogens is 334 g/mol. The lowest BCUT2D eigenvalue weighted by Gasteiger charge is -2.09. The Balaban J connectivity index is 1.48. The van der Waals surface area contributed by atoms with Crippen LogP contribution in [0.5, 0.6) is 0 Å². The minimum atomic E-state index is -0.134. The molecule has 6 heteroatoms. The Kier molecular flexibility index (Phi) is 5.85. The van der Waals surface area contributed by atoms with Crippen LogP contribution in [0.4, 0.5) is 0 Å². The quantitative estimate of drug-likeness (QED) is 0.524. The van der Waals surface area contributed by atoms with Gasteiger partial charge in [0.25, 0.3) is 0 Å². The van der Waals surface area contributed by atoms with Crippen molar-refractivity contribution in [2.75, 3.05) is 12.3 Å². The average Bonchev–Trinajstić information content (AvgIpc) is 2.65. The predicted molar refractivity (Wildman–Crippen MR) is 101 cm³/mol. The zero-order valence-corrected chi connectivity index (χ0v) is 14.5. The van der Waals surface area contributed by atoms with Gasteiger partial charge in [-0.05, 0) is 36.4 Å². The van der Waals surface area contributed by atoms with Gasteiger partial charge in [0.15, 0.2) is 0 Å². The van der Waals surface area contributed by atoms with E-state index in [-0.39, 0.29) is 17.9 Å². The highest BCUT2D eigenvalue weighted by atomic mass is 32.2. The Bertz CT molecular complexity index is 909. The summed E-state index contributed by atoms with van der Waals surface area (Å²) in [5.41, 5.74) is 0.537. The minimum Gasteiger partial charge on any atom is -0.354 e. The fraction of sp³-hybridized carbons (Fsp3) is 0.211. The largest absolute Gasteiger partial charge is 0.354 e. The fourth-order valence-corrected chi connectivity index (χ4v) is 3.36. The van der Waals surface area contributed by atoms with Gasteiger partial charge in [-0.15, -0.1) is 11.8 Å². The maximum Gasteiger partial charge on any atom is 0.241 e. The fourth-order valence-electron chi connectivity index (χ4n) is 2.49. The predicted octanol–water partition coefficient (Wildman–Crippen LogP) is 2.70. The minimum absolute atomic E-state index is 0.104. The molecule has 0 aliphatic carbocycles. The molecule has 0 spiro atoms. The third-order valence-electron chi connectivity index (χ3n) is 3.71. The van der Waals surface area contributed by atoms with Crippen molar-refractivity contribution in [3.63, 3.8) is 0 Å². The molecule has 3 rings (SSSR count). The summed E-state index contributed by atoms with van der Waals surface area (Å²) in [6.07, 6.45) is 2.15. The number of aromatic nitrogens is 2. The molecule has 2 aromatic carbocycles. The maximum atomic E-state index is 12.1. The molecule has 5 nitrogen and oxygen atoms in total. The van der Waals surface area contributed by atoms with E-state index in [9.17, 15) is 9.59 Å². The number of para-hydroxylation sites is 1. The normalized spacial score (nSPS) is 10.7. The number of carbonyl (C=O) groups is 1. The van der Waals surface area contributed by atoms with E-state index in [1.54, 1.807) is 34.6 Å². The van der Waals surface area contributed by atoms with E-state index in [0.717, 1.165) is 12.2 Å². The van der Waals surface area contributed by atoms with Crippen LogP contribution in [0.2, 0.25) is 0 Å². The van der Waals surface area contributed by atoms with Crippen LogP contribution in [0.1, 0.15) is 6.42 Å². The van der Waals surface area contributed by atoms with Gasteiger partial charge >= 0.3 is 0 Å². The van der Waals surface area contributed by atoms with Crippen LogP contribution < -0.4 is 10.7 Å². The highest BCUT2D eigenvalue weighted by Crippen LogP contribution is 2.17. The first-order valence-corrected chi connectivity index (χ1v) is 9.12. The molecule has 0 radical (unpaired) electrons. The van der Waals surface area contributed by atoms with Crippen LogP contribution in [0.25, 0.3) is 10.9 Å². The molecule has 0 fully saturated rings. The van der Waals surface area contributed by atoms with Crippen molar-refractivity contribution in [1.29, 1.82) is 0 Å². The van der Waals surface area contributed by atoms with E-state index in [0.29, 0.717) is 17.4 Å². The molecule has 0 saturated carbocycles. The second kappa shape index (κ2) is 8.48. The average molecular weight is 353 g/mol. The Morgan fingerprint density at radius 1 is 1.08 bits per heavy atom. The van der Waals surface area contributed by atoms with Crippen molar-refractivity contribution >= 4 is 28.6 Å². The molecule has 3 aromatic rings. The van der Waals surface area contributed by atoms with Crippen molar-refractivity contribution in [3.8, 4) is 0 Å². The number of amides is 1. The monoisotopic (exact) mass is 353 g/mol. The number of nitrogens with zero attached hydrogens (tertiary/aromatic N) is 2. The van der Waals surface area contributed by atoms with Crippen molar-refractivity contribution in [3.05, 3.63) is 71.0 Å². The van der Waals surface area contributed by atoms with Gasteiger partial charge in [-0.2, -0.15) is 5.10 Å². The third-order valence-corrected chi connectivity index (χ3v) is 4.81. The number of hydrogen-bond donors (Lipinski definition) is 1. The maximum absolute atomic E-state index is 12.1. The standard InChI is InChI=1S/C19H19N3O2S/c23-18-13-21-22(17-10-5-4-9-16(17)18)14-19(24)20-11-6-12-25-15-7-2-1-3-8-15/h1-5,7-10,13H,6,11-12,14H2,(H,20,24). The first kappa shape index (κ1) is 17.2. The highest BCUT2D eigenvalue weighted by Gasteiger charge is 2.07.